The summed E-state index contributed by atoms with van der Waals surface area (Å²) in [6, 6.07) is 0. The van der Waals surface area contributed by atoms with Crippen LogP contribution in [0.3, 0.4) is 0 Å². The van der Waals surface area contributed by atoms with E-state index in [2.05, 4.69) is 48.1 Å². The van der Waals surface area contributed by atoms with E-state index in [4.69, 9.17) is 9.73 Å². The predicted molar refractivity (Wildman–Crippen MR) is 95.9 cm³/mol. The van der Waals surface area contributed by atoms with Crippen molar-refractivity contribution in [2.24, 2.45) is 10.9 Å². The van der Waals surface area contributed by atoms with Crippen LogP contribution in [0.4, 0.5) is 0 Å². The van der Waals surface area contributed by atoms with Crippen LogP contribution in [-0.4, -0.2) is 73.8 Å². The molecule has 2 fully saturated rings. The number of nitrogens with zero attached hydrogens (tertiary/aromatic N) is 2. The summed E-state index contributed by atoms with van der Waals surface area (Å²) in [6.45, 7) is 13.1. The number of ether oxygens (including phenoxy) is 1. The molecule has 128 valence electrons. The number of guanidine groups is 1. The third-order valence-corrected chi connectivity index (χ3v) is 5.55. The predicted octanol–water partition coefficient (Wildman–Crippen LogP) is 1.41. The fourth-order valence-corrected chi connectivity index (χ4v) is 4.44. The first-order valence-electron chi connectivity index (χ1n) is 8.59. The summed E-state index contributed by atoms with van der Waals surface area (Å²) < 4.78 is 5.52. The minimum atomic E-state index is 0.231. The van der Waals surface area contributed by atoms with Gasteiger partial charge >= 0.3 is 0 Å². The molecule has 0 bridgehead atoms. The maximum absolute atomic E-state index is 5.52. The van der Waals surface area contributed by atoms with Gasteiger partial charge in [-0.2, -0.15) is 11.8 Å². The van der Waals surface area contributed by atoms with Crippen molar-refractivity contribution in [3.8, 4) is 0 Å². The van der Waals surface area contributed by atoms with Gasteiger partial charge in [-0.3, -0.25) is 9.89 Å². The van der Waals surface area contributed by atoms with Gasteiger partial charge in [-0.15, -0.1) is 0 Å². The van der Waals surface area contributed by atoms with Crippen molar-refractivity contribution >= 4 is 17.7 Å². The quantitative estimate of drug-likeness (QED) is 0.570. The van der Waals surface area contributed by atoms with E-state index in [1.54, 1.807) is 0 Å². The molecule has 0 amide bonds. The molecule has 2 aliphatic heterocycles. The zero-order chi connectivity index (χ0) is 15.8. The lowest BCUT2D eigenvalue weighted by Crippen LogP contribution is -2.56. The Morgan fingerprint density at radius 2 is 2.09 bits per heavy atom. The van der Waals surface area contributed by atoms with Gasteiger partial charge in [0.05, 0.1) is 25.3 Å². The van der Waals surface area contributed by atoms with Crippen molar-refractivity contribution in [1.82, 2.24) is 15.5 Å². The number of aliphatic imine (C=N–C) groups is 1. The van der Waals surface area contributed by atoms with Crippen LogP contribution in [0.25, 0.3) is 0 Å². The van der Waals surface area contributed by atoms with Crippen LogP contribution >= 0.6 is 11.8 Å². The van der Waals surface area contributed by atoms with Crippen LogP contribution in [0.5, 0.6) is 0 Å². The van der Waals surface area contributed by atoms with E-state index in [-0.39, 0.29) is 5.54 Å². The van der Waals surface area contributed by atoms with Gasteiger partial charge in [-0.05, 0) is 25.0 Å². The summed E-state index contributed by atoms with van der Waals surface area (Å²) in [7, 11) is 0. The van der Waals surface area contributed by atoms with E-state index < -0.39 is 0 Å². The molecule has 0 spiro atoms. The largest absolute Gasteiger partial charge is 0.379 e. The van der Waals surface area contributed by atoms with Gasteiger partial charge in [0.2, 0.25) is 0 Å². The smallest absolute Gasteiger partial charge is 0.191 e. The topological polar surface area (TPSA) is 48.9 Å². The van der Waals surface area contributed by atoms with Crippen LogP contribution in [-0.2, 0) is 4.74 Å². The fraction of sp³-hybridized carbons (Fsp3) is 0.938. The van der Waals surface area contributed by atoms with Crippen molar-refractivity contribution in [3.05, 3.63) is 0 Å². The normalized spacial score (nSPS) is 27.4. The third kappa shape index (κ3) is 5.03. The lowest BCUT2D eigenvalue weighted by molar-refractivity contribution is -0.0104. The molecular weight excluding hydrogens is 296 g/mol. The highest BCUT2D eigenvalue weighted by atomic mass is 32.2. The standard InChI is InChI=1S/C16H32N4OS/c1-4-17-15(18-11-14(2)3)19-12-16(5-10-22-13-16)20-6-8-21-9-7-20/h14H,4-13H2,1-3H3,(H2,17,18,19). The SMILES string of the molecule is CCNC(=NCC1(N2CCOCC2)CCSC1)NCC(C)C. The van der Waals surface area contributed by atoms with Crippen molar-refractivity contribution in [3.63, 3.8) is 0 Å². The highest BCUT2D eigenvalue weighted by molar-refractivity contribution is 7.99. The maximum atomic E-state index is 5.52. The Bertz CT molecular complexity index is 350. The lowest BCUT2D eigenvalue weighted by Gasteiger charge is -2.42. The van der Waals surface area contributed by atoms with Gasteiger partial charge in [0.15, 0.2) is 5.96 Å². The van der Waals surface area contributed by atoms with Crippen molar-refractivity contribution in [1.29, 1.82) is 0 Å². The Balaban J connectivity index is 2.00. The van der Waals surface area contributed by atoms with Crippen molar-refractivity contribution < 1.29 is 4.74 Å². The zero-order valence-corrected chi connectivity index (χ0v) is 15.2. The van der Waals surface area contributed by atoms with E-state index in [9.17, 15) is 0 Å². The lowest BCUT2D eigenvalue weighted by atomic mass is 9.96. The molecule has 22 heavy (non-hydrogen) atoms. The van der Waals surface area contributed by atoms with E-state index in [0.717, 1.165) is 51.9 Å². The van der Waals surface area contributed by atoms with Crippen LogP contribution in [0.15, 0.2) is 4.99 Å². The van der Waals surface area contributed by atoms with Crippen LogP contribution in [0.2, 0.25) is 0 Å². The van der Waals surface area contributed by atoms with Crippen LogP contribution in [0.1, 0.15) is 27.2 Å². The number of thioether (sulfide) groups is 1. The van der Waals surface area contributed by atoms with Crippen molar-refractivity contribution in [2.45, 2.75) is 32.7 Å². The fourth-order valence-electron chi connectivity index (χ4n) is 2.98. The molecule has 0 aromatic heterocycles. The molecule has 0 radical (unpaired) electrons. The molecule has 0 aromatic carbocycles. The summed E-state index contributed by atoms with van der Waals surface area (Å²) >= 11 is 2.07. The Hall–Kier alpha value is -0.460. The first-order chi connectivity index (χ1) is 10.7. The van der Waals surface area contributed by atoms with Crippen molar-refractivity contribution in [2.75, 3.05) is 57.4 Å². The van der Waals surface area contributed by atoms with Gasteiger partial charge < -0.3 is 15.4 Å². The Morgan fingerprint density at radius 1 is 1.32 bits per heavy atom. The summed E-state index contributed by atoms with van der Waals surface area (Å²) in [4.78, 5) is 7.53. The van der Waals surface area contributed by atoms with Crippen LogP contribution < -0.4 is 10.6 Å². The monoisotopic (exact) mass is 328 g/mol. The molecule has 0 saturated carbocycles. The van der Waals surface area contributed by atoms with E-state index >= 15 is 0 Å². The first kappa shape index (κ1) is 17.9. The molecule has 2 saturated heterocycles. The first-order valence-corrected chi connectivity index (χ1v) is 9.74. The Morgan fingerprint density at radius 3 is 2.68 bits per heavy atom. The number of rotatable bonds is 6. The molecule has 1 unspecified atom stereocenters. The average molecular weight is 329 g/mol. The Labute approximate surface area is 139 Å². The van der Waals surface area contributed by atoms with E-state index in [1.165, 1.54) is 17.9 Å². The van der Waals surface area contributed by atoms with Gasteiger partial charge in [-0.25, -0.2) is 0 Å². The molecule has 0 aliphatic carbocycles. The summed E-state index contributed by atoms with van der Waals surface area (Å²) in [5.41, 5.74) is 0.231. The Kier molecular flexibility index (Phi) is 7.31. The second kappa shape index (κ2) is 8.99. The molecule has 2 rings (SSSR count). The molecule has 2 heterocycles. The minimum Gasteiger partial charge on any atom is -0.379 e. The molecular formula is C16H32N4OS. The summed E-state index contributed by atoms with van der Waals surface area (Å²) in [6.07, 6.45) is 1.24. The second-order valence-electron chi connectivity index (χ2n) is 6.60. The number of nitrogens with one attached hydrogen (secondary N) is 2. The minimum absolute atomic E-state index is 0.231. The third-order valence-electron chi connectivity index (χ3n) is 4.32. The highest BCUT2D eigenvalue weighted by Crippen LogP contribution is 2.34. The molecule has 2 aliphatic rings. The molecule has 1 atom stereocenters. The average Bonchev–Trinajstić information content (AvgIpc) is 3.01. The van der Waals surface area contributed by atoms with Crippen LogP contribution in [0, 0.1) is 5.92 Å². The highest BCUT2D eigenvalue weighted by Gasteiger charge is 2.40. The second-order valence-corrected chi connectivity index (χ2v) is 7.70. The van der Waals surface area contributed by atoms with E-state index in [0.29, 0.717) is 5.92 Å². The van der Waals surface area contributed by atoms with Gasteiger partial charge in [0.1, 0.15) is 0 Å². The summed E-state index contributed by atoms with van der Waals surface area (Å²) in [5.74, 6) is 4.03. The molecule has 5 nitrogen and oxygen atoms in total. The van der Waals surface area contributed by atoms with Gasteiger partial charge in [0.25, 0.3) is 0 Å². The van der Waals surface area contributed by atoms with Gasteiger partial charge in [0, 0.05) is 31.9 Å². The van der Waals surface area contributed by atoms with Gasteiger partial charge in [-0.1, -0.05) is 13.8 Å². The molecule has 2 N–H and O–H groups in total. The number of hydrogen-bond donors (Lipinski definition) is 2. The molecule has 0 aromatic rings. The number of hydrogen-bond acceptors (Lipinski definition) is 4. The zero-order valence-electron chi connectivity index (χ0n) is 14.4. The molecule has 6 heteroatoms. The van der Waals surface area contributed by atoms with E-state index in [1.807, 2.05) is 0 Å². The number of morpholine rings is 1. The summed E-state index contributed by atoms with van der Waals surface area (Å²) in [5, 5.41) is 6.82. The maximum Gasteiger partial charge on any atom is 0.191 e.